The fourth-order valence-corrected chi connectivity index (χ4v) is 2.71. The van der Waals surface area contributed by atoms with Gasteiger partial charge in [-0.2, -0.15) is 0 Å². The van der Waals surface area contributed by atoms with E-state index < -0.39 is 0 Å². The van der Waals surface area contributed by atoms with E-state index in [1.165, 1.54) is 29.7 Å². The minimum Gasteiger partial charge on any atom is -0.326 e. The van der Waals surface area contributed by atoms with Gasteiger partial charge in [-0.25, -0.2) is 0 Å². The Morgan fingerprint density at radius 2 is 2.00 bits per heavy atom. The summed E-state index contributed by atoms with van der Waals surface area (Å²) >= 11 is 0. The van der Waals surface area contributed by atoms with Gasteiger partial charge in [-0.1, -0.05) is 25.1 Å². The second-order valence-electron chi connectivity index (χ2n) is 5.94. The molecule has 0 amide bonds. The number of hydrogen-bond donors (Lipinski definition) is 1. The standard InChI is InChI=1S/C16H26N2/c1-11-5-6-15(9-13(11)3)14(4)18-8-7-12(2)16(17)10-18/h5-6,9,12,14,16H,7-8,10,17H2,1-4H3. The summed E-state index contributed by atoms with van der Waals surface area (Å²) in [6, 6.07) is 7.61. The summed E-state index contributed by atoms with van der Waals surface area (Å²) in [6.45, 7) is 11.1. The number of piperidine rings is 1. The lowest BCUT2D eigenvalue weighted by Gasteiger charge is -2.39. The van der Waals surface area contributed by atoms with Crippen LogP contribution in [0, 0.1) is 19.8 Å². The average molecular weight is 246 g/mol. The zero-order chi connectivity index (χ0) is 13.3. The lowest BCUT2D eigenvalue weighted by molar-refractivity contribution is 0.128. The Balaban J connectivity index is 2.11. The molecule has 0 saturated carbocycles. The molecule has 1 saturated heterocycles. The molecule has 0 spiro atoms. The second-order valence-corrected chi connectivity index (χ2v) is 5.94. The summed E-state index contributed by atoms with van der Waals surface area (Å²) in [5.74, 6) is 0.660. The van der Waals surface area contributed by atoms with Gasteiger partial charge in [0.1, 0.15) is 0 Å². The molecule has 2 nitrogen and oxygen atoms in total. The predicted octanol–water partition coefficient (Wildman–Crippen LogP) is 3.03. The van der Waals surface area contributed by atoms with Crippen molar-refractivity contribution in [3.8, 4) is 0 Å². The van der Waals surface area contributed by atoms with Crippen LogP contribution in [0.5, 0.6) is 0 Å². The fourth-order valence-electron chi connectivity index (χ4n) is 2.71. The highest BCUT2D eigenvalue weighted by molar-refractivity contribution is 5.31. The van der Waals surface area contributed by atoms with Gasteiger partial charge in [0.05, 0.1) is 0 Å². The Kier molecular flexibility index (Phi) is 4.08. The van der Waals surface area contributed by atoms with Crippen molar-refractivity contribution in [2.75, 3.05) is 13.1 Å². The largest absolute Gasteiger partial charge is 0.326 e. The molecule has 0 aliphatic carbocycles. The number of nitrogens with zero attached hydrogens (tertiary/aromatic N) is 1. The van der Waals surface area contributed by atoms with Gasteiger partial charge in [0.25, 0.3) is 0 Å². The maximum Gasteiger partial charge on any atom is 0.0320 e. The van der Waals surface area contributed by atoms with Crippen LogP contribution in [0.1, 0.15) is 43.0 Å². The molecule has 100 valence electrons. The van der Waals surface area contributed by atoms with E-state index in [0.717, 1.165) is 6.54 Å². The van der Waals surface area contributed by atoms with Crippen molar-refractivity contribution in [1.82, 2.24) is 4.90 Å². The highest BCUT2D eigenvalue weighted by Gasteiger charge is 2.26. The number of hydrogen-bond acceptors (Lipinski definition) is 2. The van der Waals surface area contributed by atoms with Crippen LogP contribution < -0.4 is 5.73 Å². The fraction of sp³-hybridized carbons (Fsp3) is 0.625. The number of likely N-dealkylation sites (tertiary alicyclic amines) is 1. The molecule has 1 aromatic rings. The molecule has 1 aliphatic rings. The summed E-state index contributed by atoms with van der Waals surface area (Å²) in [7, 11) is 0. The molecule has 3 unspecified atom stereocenters. The number of benzene rings is 1. The number of rotatable bonds is 2. The zero-order valence-corrected chi connectivity index (χ0v) is 12.1. The molecular weight excluding hydrogens is 220 g/mol. The minimum atomic E-state index is 0.327. The molecule has 1 aromatic carbocycles. The molecule has 0 radical (unpaired) electrons. The third-order valence-electron chi connectivity index (χ3n) is 4.61. The van der Waals surface area contributed by atoms with E-state index in [2.05, 4.69) is 50.8 Å². The quantitative estimate of drug-likeness (QED) is 0.869. The Morgan fingerprint density at radius 3 is 2.61 bits per heavy atom. The summed E-state index contributed by atoms with van der Waals surface area (Å²) in [6.07, 6.45) is 1.22. The first-order valence-corrected chi connectivity index (χ1v) is 7.06. The summed E-state index contributed by atoms with van der Waals surface area (Å²) in [5.41, 5.74) is 10.4. The van der Waals surface area contributed by atoms with Crippen LogP contribution in [0.4, 0.5) is 0 Å². The maximum atomic E-state index is 6.20. The number of aryl methyl sites for hydroxylation is 2. The second kappa shape index (κ2) is 5.41. The molecule has 1 fully saturated rings. The van der Waals surface area contributed by atoms with Crippen LogP contribution in [0.15, 0.2) is 18.2 Å². The third-order valence-corrected chi connectivity index (χ3v) is 4.61. The molecule has 2 heteroatoms. The normalized spacial score (nSPS) is 27.2. The van der Waals surface area contributed by atoms with Crippen molar-refractivity contribution < 1.29 is 0 Å². The Morgan fingerprint density at radius 1 is 1.28 bits per heavy atom. The van der Waals surface area contributed by atoms with E-state index in [1.807, 2.05) is 0 Å². The summed E-state index contributed by atoms with van der Waals surface area (Å²) in [4.78, 5) is 2.52. The summed E-state index contributed by atoms with van der Waals surface area (Å²) < 4.78 is 0. The van der Waals surface area contributed by atoms with Gasteiger partial charge in [-0.05, 0) is 56.3 Å². The van der Waals surface area contributed by atoms with E-state index in [9.17, 15) is 0 Å². The Labute approximate surface area is 111 Å². The molecule has 1 heterocycles. The first kappa shape index (κ1) is 13.6. The van der Waals surface area contributed by atoms with Crippen LogP contribution in [0.3, 0.4) is 0 Å². The van der Waals surface area contributed by atoms with Crippen LogP contribution in [-0.2, 0) is 0 Å². The lowest BCUT2D eigenvalue weighted by Crippen LogP contribution is -2.48. The van der Waals surface area contributed by atoms with Crippen molar-refractivity contribution in [2.45, 2.75) is 46.2 Å². The Hall–Kier alpha value is -0.860. The van der Waals surface area contributed by atoms with E-state index in [1.54, 1.807) is 0 Å². The van der Waals surface area contributed by atoms with Gasteiger partial charge < -0.3 is 5.73 Å². The maximum absolute atomic E-state index is 6.20. The van der Waals surface area contributed by atoms with Crippen molar-refractivity contribution >= 4 is 0 Å². The van der Waals surface area contributed by atoms with Gasteiger partial charge in [0, 0.05) is 18.6 Å². The molecule has 2 rings (SSSR count). The van der Waals surface area contributed by atoms with Crippen molar-refractivity contribution in [3.05, 3.63) is 34.9 Å². The monoisotopic (exact) mass is 246 g/mol. The zero-order valence-electron chi connectivity index (χ0n) is 12.1. The summed E-state index contributed by atoms with van der Waals surface area (Å²) in [5, 5.41) is 0. The molecule has 0 bridgehead atoms. The SMILES string of the molecule is Cc1ccc(C(C)N2CCC(C)C(N)C2)cc1C. The first-order valence-electron chi connectivity index (χ1n) is 7.06. The van der Waals surface area contributed by atoms with Crippen LogP contribution in [0.2, 0.25) is 0 Å². The predicted molar refractivity (Wildman–Crippen MR) is 77.7 cm³/mol. The van der Waals surface area contributed by atoms with Gasteiger partial charge in [0.2, 0.25) is 0 Å². The molecule has 0 aromatic heterocycles. The van der Waals surface area contributed by atoms with Gasteiger partial charge in [0.15, 0.2) is 0 Å². The van der Waals surface area contributed by atoms with E-state index in [0.29, 0.717) is 18.0 Å². The lowest BCUT2D eigenvalue weighted by atomic mass is 9.92. The molecular formula is C16H26N2. The molecule has 2 N–H and O–H groups in total. The topological polar surface area (TPSA) is 29.3 Å². The van der Waals surface area contributed by atoms with E-state index >= 15 is 0 Å². The van der Waals surface area contributed by atoms with Crippen molar-refractivity contribution in [3.63, 3.8) is 0 Å². The van der Waals surface area contributed by atoms with Gasteiger partial charge in [-0.15, -0.1) is 0 Å². The van der Waals surface area contributed by atoms with Crippen LogP contribution in [-0.4, -0.2) is 24.0 Å². The Bertz CT molecular complexity index is 414. The number of nitrogens with two attached hydrogens (primary N) is 1. The molecule has 18 heavy (non-hydrogen) atoms. The third kappa shape index (κ3) is 2.76. The van der Waals surface area contributed by atoms with Crippen molar-refractivity contribution in [2.24, 2.45) is 11.7 Å². The smallest absolute Gasteiger partial charge is 0.0320 e. The minimum absolute atomic E-state index is 0.327. The van der Waals surface area contributed by atoms with Gasteiger partial charge in [-0.3, -0.25) is 4.90 Å². The highest BCUT2D eigenvalue weighted by Crippen LogP contribution is 2.27. The van der Waals surface area contributed by atoms with E-state index in [-0.39, 0.29) is 0 Å². The average Bonchev–Trinajstić information content (AvgIpc) is 2.35. The molecule has 1 aliphatic heterocycles. The first-order chi connectivity index (χ1) is 8.49. The van der Waals surface area contributed by atoms with Gasteiger partial charge >= 0.3 is 0 Å². The van der Waals surface area contributed by atoms with Crippen LogP contribution >= 0.6 is 0 Å². The van der Waals surface area contributed by atoms with Crippen LogP contribution in [0.25, 0.3) is 0 Å². The molecule has 3 atom stereocenters. The van der Waals surface area contributed by atoms with Crippen molar-refractivity contribution in [1.29, 1.82) is 0 Å². The highest BCUT2D eigenvalue weighted by atomic mass is 15.2. The van der Waals surface area contributed by atoms with E-state index in [4.69, 9.17) is 5.73 Å².